The van der Waals surface area contributed by atoms with Crippen LogP contribution in [0.5, 0.6) is 5.75 Å². The summed E-state index contributed by atoms with van der Waals surface area (Å²) in [6.45, 7) is 9.19. The van der Waals surface area contributed by atoms with Crippen LogP contribution in [0.2, 0.25) is 0 Å². The fraction of sp³-hybridized carbons (Fsp3) is 0.333. The molecule has 1 aromatic heterocycles. The van der Waals surface area contributed by atoms with Crippen LogP contribution in [-0.2, 0) is 17.9 Å². The molecular weight excluding hydrogens is 597 g/mol. The third-order valence-electron chi connectivity index (χ3n) is 6.20. The molecule has 9 nitrogen and oxygen atoms in total. The molecule has 1 heterocycles. The second kappa shape index (κ2) is 25.0. The predicted molar refractivity (Wildman–Crippen MR) is 193 cm³/mol. The molecule has 0 fully saturated rings. The Labute approximate surface area is 279 Å². The zero-order valence-electron chi connectivity index (χ0n) is 28.2. The largest absolute Gasteiger partial charge is 0.497 e. The van der Waals surface area contributed by atoms with Crippen LogP contribution in [0, 0.1) is 20.8 Å². The molecule has 0 aliphatic heterocycles. The molecule has 0 radical (unpaired) electrons. The van der Waals surface area contributed by atoms with E-state index in [1.54, 1.807) is 25.3 Å². The number of aromatic nitrogens is 2. The first kappa shape index (κ1) is 39.8. The second-order valence-electron chi connectivity index (χ2n) is 10.2. The summed E-state index contributed by atoms with van der Waals surface area (Å²) < 4.78 is 7.17. The Morgan fingerprint density at radius 1 is 0.891 bits per heavy atom. The highest BCUT2D eigenvalue weighted by Gasteiger charge is 2.01. The van der Waals surface area contributed by atoms with E-state index in [0.29, 0.717) is 6.54 Å². The van der Waals surface area contributed by atoms with Gasteiger partial charge in [-0.15, -0.1) is 0 Å². The van der Waals surface area contributed by atoms with Crippen molar-refractivity contribution in [2.45, 2.75) is 40.3 Å². The van der Waals surface area contributed by atoms with Gasteiger partial charge in [0.05, 0.1) is 13.7 Å². The molecule has 4 rings (SSSR count). The minimum absolute atomic E-state index is 0.717. The zero-order valence-corrected chi connectivity index (χ0v) is 29.1. The zero-order chi connectivity index (χ0) is 34.0. The number of benzene rings is 3. The molecule has 0 saturated carbocycles. The number of rotatable bonds is 13. The van der Waals surface area contributed by atoms with Crippen LogP contribution in [0.15, 0.2) is 85.1 Å². The lowest BCUT2D eigenvalue weighted by Gasteiger charge is -2.16. The fourth-order valence-electron chi connectivity index (χ4n) is 3.82. The highest BCUT2D eigenvalue weighted by Crippen LogP contribution is 2.21. The lowest BCUT2D eigenvalue weighted by Crippen LogP contribution is -2.20. The number of nitrogens with one attached hydrogen (secondary N) is 3. The molecule has 0 bridgehead atoms. The standard InChI is InChI=1S/C12H18N2O2.C10H13NOS.C7H11N3.C7H8/c1-16-12-5-2-4-11(8-12)9-13-6-3-7-14-10-15;1-8-4-9(7-12)6-10(5-8)11(2)13-3;1-6-3-4-9-7(10-6)5-8-2;1-7-5-3-2-4-6-7/h2,4-5,8,10,13H,3,6-7,9H2,1H3,(H,14,15);4-7H,1-3H3;3-4,8H,5H2,1-2H3;2-6H,1H3. The summed E-state index contributed by atoms with van der Waals surface area (Å²) in [4.78, 5) is 28.8. The molecule has 4 aromatic rings. The normalized spacial score (nSPS) is 9.63. The number of aldehydes is 1. The monoisotopic (exact) mass is 646 g/mol. The summed E-state index contributed by atoms with van der Waals surface area (Å²) in [5.74, 6) is 1.73. The molecule has 0 spiro atoms. The van der Waals surface area contributed by atoms with Gasteiger partial charge in [-0.1, -0.05) is 60.0 Å². The van der Waals surface area contributed by atoms with E-state index in [9.17, 15) is 9.59 Å². The van der Waals surface area contributed by atoms with E-state index < -0.39 is 0 Å². The number of nitrogens with zero attached hydrogens (tertiary/aromatic N) is 3. The number of carbonyl (C=O) groups is 2. The lowest BCUT2D eigenvalue weighted by molar-refractivity contribution is -0.109. The van der Waals surface area contributed by atoms with Crippen molar-refractivity contribution >= 4 is 30.3 Å². The van der Waals surface area contributed by atoms with Crippen molar-refractivity contribution in [3.63, 3.8) is 0 Å². The van der Waals surface area contributed by atoms with Crippen LogP contribution in [-0.4, -0.2) is 63.2 Å². The predicted octanol–water partition coefficient (Wildman–Crippen LogP) is 5.94. The minimum Gasteiger partial charge on any atom is -0.497 e. The van der Waals surface area contributed by atoms with Crippen LogP contribution in [0.3, 0.4) is 0 Å². The van der Waals surface area contributed by atoms with Crippen molar-refractivity contribution < 1.29 is 14.3 Å². The van der Waals surface area contributed by atoms with E-state index in [1.165, 1.54) is 11.1 Å². The summed E-state index contributed by atoms with van der Waals surface area (Å²) in [6.07, 6.45) is 6.31. The van der Waals surface area contributed by atoms with Crippen LogP contribution in [0.1, 0.15) is 45.0 Å². The third kappa shape index (κ3) is 18.5. The van der Waals surface area contributed by atoms with Gasteiger partial charge in [-0.2, -0.15) is 0 Å². The maximum Gasteiger partial charge on any atom is 0.207 e. The molecule has 3 N–H and O–H groups in total. The van der Waals surface area contributed by atoms with Gasteiger partial charge in [0.15, 0.2) is 0 Å². The summed E-state index contributed by atoms with van der Waals surface area (Å²) >= 11 is 1.62. The minimum atomic E-state index is 0.717. The quantitative estimate of drug-likeness (QED) is 0.0924. The van der Waals surface area contributed by atoms with Crippen LogP contribution in [0.25, 0.3) is 0 Å². The van der Waals surface area contributed by atoms with Crippen LogP contribution < -0.4 is 25.0 Å². The topological polar surface area (TPSA) is 108 Å². The van der Waals surface area contributed by atoms with Crippen molar-refractivity contribution in [1.82, 2.24) is 25.9 Å². The molecule has 1 amide bonds. The van der Waals surface area contributed by atoms with Crippen LogP contribution in [0.4, 0.5) is 5.69 Å². The number of hydrogen-bond acceptors (Lipinski definition) is 9. The number of methoxy groups -OCH3 is 1. The van der Waals surface area contributed by atoms with E-state index in [2.05, 4.69) is 57.1 Å². The highest BCUT2D eigenvalue weighted by molar-refractivity contribution is 7.99. The Morgan fingerprint density at radius 3 is 2.24 bits per heavy atom. The summed E-state index contributed by atoms with van der Waals surface area (Å²) in [5.41, 5.74) is 6.44. The first-order valence-corrected chi connectivity index (χ1v) is 16.2. The molecule has 0 unspecified atom stereocenters. The second-order valence-corrected chi connectivity index (χ2v) is 11.1. The van der Waals surface area contributed by atoms with Gasteiger partial charge in [-0.3, -0.25) is 9.59 Å². The summed E-state index contributed by atoms with van der Waals surface area (Å²) in [5, 5.41) is 8.91. The Kier molecular flexibility index (Phi) is 21.6. The molecule has 0 saturated heterocycles. The Hall–Kier alpha value is -4.25. The van der Waals surface area contributed by atoms with E-state index in [-0.39, 0.29) is 0 Å². The average molecular weight is 647 g/mol. The van der Waals surface area contributed by atoms with E-state index >= 15 is 0 Å². The molecule has 0 aliphatic rings. The Bertz CT molecular complexity index is 1390. The number of carbonyl (C=O) groups excluding carboxylic acids is 2. The lowest BCUT2D eigenvalue weighted by atomic mass is 10.1. The summed E-state index contributed by atoms with van der Waals surface area (Å²) in [7, 11) is 5.53. The van der Waals surface area contributed by atoms with Gasteiger partial charge in [0.2, 0.25) is 6.41 Å². The SMILES string of the molecule is CNCc1nccc(C)n1.COc1cccc(CNCCCNC=O)c1.CSN(C)c1cc(C)cc(C=O)c1.Cc1ccccc1. The first-order valence-electron chi connectivity index (χ1n) is 15.1. The van der Waals surface area contributed by atoms with Crippen molar-refractivity contribution in [1.29, 1.82) is 0 Å². The molecule has 0 aliphatic carbocycles. The molecule has 3 aromatic carbocycles. The van der Waals surface area contributed by atoms with Gasteiger partial charge in [0, 0.05) is 49.5 Å². The fourth-order valence-corrected chi connectivity index (χ4v) is 4.13. The van der Waals surface area contributed by atoms with Crippen molar-refractivity contribution in [3.05, 3.63) is 119 Å². The number of hydrogen-bond donors (Lipinski definition) is 3. The summed E-state index contributed by atoms with van der Waals surface area (Å²) in [6, 6.07) is 25.9. The van der Waals surface area contributed by atoms with Gasteiger partial charge < -0.3 is 25.0 Å². The third-order valence-corrected chi connectivity index (χ3v) is 6.96. The van der Waals surface area contributed by atoms with Gasteiger partial charge in [-0.25, -0.2) is 9.97 Å². The molecule has 10 heteroatoms. The number of aryl methyl sites for hydroxylation is 3. The van der Waals surface area contributed by atoms with E-state index in [1.807, 2.05) is 93.1 Å². The molecule has 0 atom stereocenters. The van der Waals surface area contributed by atoms with E-state index in [0.717, 1.165) is 72.8 Å². The van der Waals surface area contributed by atoms with Crippen molar-refractivity contribution in [3.8, 4) is 5.75 Å². The molecule has 46 heavy (non-hydrogen) atoms. The maximum atomic E-state index is 10.6. The molecular formula is C36H50N6O3S. The van der Waals surface area contributed by atoms with Crippen molar-refractivity contribution in [2.24, 2.45) is 0 Å². The van der Waals surface area contributed by atoms with Gasteiger partial charge >= 0.3 is 0 Å². The number of ether oxygens (including phenoxy) is 1. The Morgan fingerprint density at radius 2 is 1.65 bits per heavy atom. The number of amides is 1. The highest BCUT2D eigenvalue weighted by atomic mass is 32.2. The van der Waals surface area contributed by atoms with Crippen LogP contribution >= 0.6 is 11.9 Å². The average Bonchev–Trinajstić information content (AvgIpc) is 3.07. The smallest absolute Gasteiger partial charge is 0.207 e. The van der Waals surface area contributed by atoms with Gasteiger partial charge in [0.25, 0.3) is 0 Å². The van der Waals surface area contributed by atoms with Gasteiger partial charge in [-0.05, 0) is 88.3 Å². The van der Waals surface area contributed by atoms with Gasteiger partial charge in [0.1, 0.15) is 17.9 Å². The Balaban J connectivity index is 0.000000318. The molecule has 248 valence electrons. The number of anilines is 1. The van der Waals surface area contributed by atoms with E-state index in [4.69, 9.17) is 4.74 Å². The first-order chi connectivity index (χ1) is 22.3. The van der Waals surface area contributed by atoms with Crippen molar-refractivity contribution in [2.75, 3.05) is 44.9 Å². The maximum absolute atomic E-state index is 10.6.